The van der Waals surface area contributed by atoms with E-state index < -0.39 is 5.97 Å². The van der Waals surface area contributed by atoms with Gasteiger partial charge in [-0.2, -0.15) is 0 Å². The van der Waals surface area contributed by atoms with Gasteiger partial charge >= 0.3 is 93.7 Å². The van der Waals surface area contributed by atoms with E-state index in [1.807, 2.05) is 0 Å². The van der Waals surface area contributed by atoms with Crippen molar-refractivity contribution in [2.24, 2.45) is 0 Å². The van der Waals surface area contributed by atoms with Gasteiger partial charge in [0.1, 0.15) is 0 Å². The Bertz CT molecular complexity index is 218. The second kappa shape index (κ2) is 10.5. The molecule has 0 heterocycles. The normalized spacial score (nSPS) is 6.67. The molecule has 0 aromatic heterocycles. The number of carboxylic acids is 1. The van der Waals surface area contributed by atoms with Gasteiger partial charge in [-0.3, -0.25) is 0 Å². The van der Waals surface area contributed by atoms with Crippen LogP contribution in [0.5, 0.6) is 0 Å². The van der Waals surface area contributed by atoms with Gasteiger partial charge in [-0.05, 0) is 12.1 Å². The van der Waals surface area contributed by atoms with E-state index in [1.165, 1.54) is 0 Å². The SMILES string of the molecule is B.O=C(O)c1ccccc1.[CsH].[LiH]. The van der Waals surface area contributed by atoms with Gasteiger partial charge in [0.2, 0.25) is 0 Å². The first-order chi connectivity index (χ1) is 4.30. The number of rotatable bonds is 1. The van der Waals surface area contributed by atoms with Crippen molar-refractivity contribution >= 4 is 102 Å². The van der Waals surface area contributed by atoms with Crippen LogP contribution in [0.15, 0.2) is 30.3 Å². The molecule has 0 aliphatic heterocycles. The van der Waals surface area contributed by atoms with Crippen LogP contribution in [-0.4, -0.2) is 107 Å². The van der Waals surface area contributed by atoms with Gasteiger partial charge in [0.05, 0.1) is 14.0 Å². The van der Waals surface area contributed by atoms with Crippen LogP contribution in [0.2, 0.25) is 0 Å². The van der Waals surface area contributed by atoms with Crippen LogP contribution in [0.3, 0.4) is 0 Å². The average molecular weight is 278 g/mol. The van der Waals surface area contributed by atoms with Crippen molar-refractivity contribution < 1.29 is 9.90 Å². The fourth-order valence-corrected chi connectivity index (χ4v) is 0.581. The molecule has 1 N–H and O–H groups in total. The summed E-state index contributed by atoms with van der Waals surface area (Å²) in [4.78, 5) is 10.2. The van der Waals surface area contributed by atoms with Crippen molar-refractivity contribution in [2.75, 3.05) is 0 Å². The van der Waals surface area contributed by atoms with Gasteiger partial charge in [0, 0.05) is 0 Å². The summed E-state index contributed by atoms with van der Waals surface area (Å²) in [5.41, 5.74) is 0.331. The van der Waals surface area contributed by atoms with Crippen molar-refractivity contribution in [3.63, 3.8) is 0 Å². The summed E-state index contributed by atoms with van der Waals surface area (Å²) < 4.78 is 0. The maximum absolute atomic E-state index is 10.2. The molecular formula is C7H11BCsLiO2. The Balaban J connectivity index is -0.000000270. The van der Waals surface area contributed by atoms with E-state index >= 15 is 0 Å². The maximum atomic E-state index is 10.2. The zero-order valence-corrected chi connectivity index (χ0v) is 4.74. The Hall–Kier alpha value is 1.40. The van der Waals surface area contributed by atoms with Gasteiger partial charge in [-0.25, -0.2) is 4.79 Å². The predicted octanol–water partition coefficient (Wildman–Crippen LogP) is -1.10. The first-order valence-electron chi connectivity index (χ1n) is 2.59. The summed E-state index contributed by atoms with van der Waals surface area (Å²) in [6.07, 6.45) is 0. The molecule has 1 aromatic carbocycles. The van der Waals surface area contributed by atoms with Gasteiger partial charge in [0.25, 0.3) is 0 Å². The molecule has 1 rings (SSSR count). The van der Waals surface area contributed by atoms with Crippen LogP contribution in [0.25, 0.3) is 0 Å². The third-order valence-corrected chi connectivity index (χ3v) is 1.02. The quantitative estimate of drug-likeness (QED) is 0.662. The standard InChI is InChI=1S/C7H6O2.BH3.Cs.Li.2H/c8-7(9)6-4-2-1-3-5-6;;;;;/h1-5H,(H,8,9);1H3;;;;. The van der Waals surface area contributed by atoms with Crippen molar-refractivity contribution in [2.45, 2.75) is 0 Å². The summed E-state index contributed by atoms with van der Waals surface area (Å²) in [7, 11) is 0. The van der Waals surface area contributed by atoms with Crippen molar-refractivity contribution in [3.05, 3.63) is 35.9 Å². The molecule has 0 aliphatic rings. The number of hydrogen-bond acceptors (Lipinski definition) is 1. The number of hydrogen-bond donors (Lipinski definition) is 1. The van der Waals surface area contributed by atoms with Crippen molar-refractivity contribution in [3.8, 4) is 0 Å². The first-order valence-corrected chi connectivity index (χ1v) is 2.59. The Labute approximate surface area is 145 Å². The molecule has 2 nitrogen and oxygen atoms in total. The molecule has 0 bridgehead atoms. The topological polar surface area (TPSA) is 37.3 Å². The molecule has 0 saturated carbocycles. The van der Waals surface area contributed by atoms with Crippen LogP contribution < -0.4 is 0 Å². The molecule has 0 amide bonds. The first kappa shape index (κ1) is 19.1. The van der Waals surface area contributed by atoms with E-state index in [-0.39, 0.29) is 96.2 Å². The molecule has 0 radical (unpaired) electrons. The Morgan fingerprint density at radius 3 is 1.83 bits per heavy atom. The summed E-state index contributed by atoms with van der Waals surface area (Å²) in [5.74, 6) is -0.879. The fourth-order valence-electron chi connectivity index (χ4n) is 0.581. The van der Waals surface area contributed by atoms with Gasteiger partial charge in [0.15, 0.2) is 0 Å². The van der Waals surface area contributed by atoms with Crippen LogP contribution in [-0.2, 0) is 0 Å². The zero-order chi connectivity index (χ0) is 6.69. The van der Waals surface area contributed by atoms with E-state index in [4.69, 9.17) is 5.11 Å². The molecule has 56 valence electrons. The molecule has 12 heavy (non-hydrogen) atoms. The summed E-state index contributed by atoms with van der Waals surface area (Å²) >= 11 is 0. The van der Waals surface area contributed by atoms with E-state index in [0.29, 0.717) is 5.56 Å². The van der Waals surface area contributed by atoms with Gasteiger partial charge in [-0.1, -0.05) is 18.2 Å². The molecule has 1 aromatic rings. The number of benzene rings is 1. The van der Waals surface area contributed by atoms with Crippen LogP contribution in [0.1, 0.15) is 10.4 Å². The Morgan fingerprint density at radius 2 is 1.58 bits per heavy atom. The number of carboxylic acid groups (broad SMARTS) is 1. The third kappa shape index (κ3) is 6.87. The molecular weight excluding hydrogens is 267 g/mol. The minimum atomic E-state index is -0.879. The monoisotopic (exact) mass is 278 g/mol. The molecule has 0 fully saturated rings. The van der Waals surface area contributed by atoms with Gasteiger partial charge in [-0.15, -0.1) is 0 Å². The fraction of sp³-hybridized carbons (Fsp3) is 0. The average Bonchev–Trinajstić information content (AvgIpc) is 1.90. The zero-order valence-electron chi connectivity index (χ0n) is 4.74. The third-order valence-electron chi connectivity index (χ3n) is 1.02. The van der Waals surface area contributed by atoms with Crippen LogP contribution in [0, 0.1) is 0 Å². The van der Waals surface area contributed by atoms with E-state index in [9.17, 15) is 4.79 Å². The van der Waals surface area contributed by atoms with Gasteiger partial charge < -0.3 is 5.11 Å². The number of carbonyl (C=O) groups is 1. The molecule has 0 spiro atoms. The molecule has 0 saturated heterocycles. The molecule has 0 atom stereocenters. The van der Waals surface area contributed by atoms with Crippen molar-refractivity contribution in [1.82, 2.24) is 0 Å². The second-order valence-corrected chi connectivity index (χ2v) is 1.67. The number of aromatic carboxylic acids is 1. The summed E-state index contributed by atoms with van der Waals surface area (Å²) in [6.45, 7) is 0. The van der Waals surface area contributed by atoms with Crippen molar-refractivity contribution in [1.29, 1.82) is 0 Å². The summed E-state index contributed by atoms with van der Waals surface area (Å²) in [5, 5.41) is 8.38. The molecule has 0 aliphatic carbocycles. The van der Waals surface area contributed by atoms with Crippen LogP contribution >= 0.6 is 0 Å². The minimum absolute atomic E-state index is 0. The van der Waals surface area contributed by atoms with Crippen LogP contribution in [0.4, 0.5) is 0 Å². The second-order valence-electron chi connectivity index (χ2n) is 1.67. The Kier molecular flexibility index (Phi) is 16.6. The summed E-state index contributed by atoms with van der Waals surface area (Å²) in [6, 6.07) is 8.30. The molecule has 0 unspecified atom stereocenters. The van der Waals surface area contributed by atoms with E-state index in [2.05, 4.69) is 0 Å². The molecule has 5 heteroatoms. The van der Waals surface area contributed by atoms with E-state index in [0.717, 1.165) is 0 Å². The van der Waals surface area contributed by atoms with E-state index in [1.54, 1.807) is 30.3 Å². The Morgan fingerprint density at radius 1 is 1.17 bits per heavy atom. The predicted molar refractivity (Wildman–Crippen MR) is 57.6 cm³/mol.